The number of benzene rings is 1. The van der Waals surface area contributed by atoms with Crippen molar-refractivity contribution in [3.05, 3.63) is 29.8 Å². The van der Waals surface area contributed by atoms with E-state index in [1.807, 2.05) is 0 Å². The van der Waals surface area contributed by atoms with Crippen molar-refractivity contribution in [2.24, 2.45) is 17.8 Å². The van der Waals surface area contributed by atoms with Gasteiger partial charge in [0.2, 0.25) is 0 Å². The van der Waals surface area contributed by atoms with Crippen LogP contribution in [0, 0.1) is 17.8 Å². The van der Waals surface area contributed by atoms with Crippen molar-refractivity contribution in [1.29, 1.82) is 0 Å². The molecule has 24 heavy (non-hydrogen) atoms. The van der Waals surface area contributed by atoms with Gasteiger partial charge in [-0.25, -0.2) is 0 Å². The Bertz CT molecular complexity index is 723. The van der Waals surface area contributed by atoms with Crippen LogP contribution in [0.15, 0.2) is 24.3 Å². The fourth-order valence-corrected chi connectivity index (χ4v) is 7.88. The van der Waals surface area contributed by atoms with Crippen molar-refractivity contribution in [1.82, 2.24) is 4.90 Å². The minimum atomic E-state index is -0.319. The third kappa shape index (κ3) is 1.20. The fourth-order valence-electron chi connectivity index (χ4n) is 7.88. The maximum Gasteiger partial charge on any atom is 0.111 e. The summed E-state index contributed by atoms with van der Waals surface area (Å²) in [4.78, 5) is 4.83. The van der Waals surface area contributed by atoms with Crippen molar-refractivity contribution in [3.63, 3.8) is 0 Å². The summed E-state index contributed by atoms with van der Waals surface area (Å²) in [7, 11) is 2.19. The molecule has 0 aromatic heterocycles. The zero-order valence-electron chi connectivity index (χ0n) is 14.3. The van der Waals surface area contributed by atoms with Crippen LogP contribution >= 0.6 is 0 Å². The number of para-hydroxylation sites is 1. The van der Waals surface area contributed by atoms with Gasteiger partial charge in [0.1, 0.15) is 6.23 Å². The van der Waals surface area contributed by atoms with Gasteiger partial charge in [0.25, 0.3) is 0 Å². The lowest BCUT2D eigenvalue weighted by Crippen LogP contribution is -2.72. The largest absolute Gasteiger partial charge is 0.392 e. The Labute approximate surface area is 143 Å². The van der Waals surface area contributed by atoms with Crippen LogP contribution in [0.1, 0.15) is 31.7 Å². The fraction of sp³-hybridized carbons (Fsp3) is 0.700. The van der Waals surface area contributed by atoms with Gasteiger partial charge in [-0.3, -0.25) is 4.90 Å². The molecule has 1 saturated carbocycles. The lowest BCUT2D eigenvalue weighted by Gasteiger charge is -2.62. The molecule has 128 valence electrons. The van der Waals surface area contributed by atoms with Gasteiger partial charge in [-0.15, -0.1) is 0 Å². The average Bonchev–Trinajstić information content (AvgIpc) is 2.97. The Morgan fingerprint density at radius 3 is 2.79 bits per heavy atom. The summed E-state index contributed by atoms with van der Waals surface area (Å²) in [6, 6.07) is 9.70. The Morgan fingerprint density at radius 2 is 2.00 bits per heavy atom. The number of hydrogen-bond donors (Lipinski definition) is 2. The molecule has 2 N–H and O–H groups in total. The zero-order chi connectivity index (χ0) is 16.4. The minimum absolute atomic E-state index is 0.126. The first-order valence-corrected chi connectivity index (χ1v) is 9.57. The number of fused-ring (bicyclic) bond motifs is 2. The first-order chi connectivity index (χ1) is 11.6. The van der Waals surface area contributed by atoms with E-state index < -0.39 is 0 Å². The highest BCUT2D eigenvalue weighted by Gasteiger charge is 2.76. The van der Waals surface area contributed by atoms with Crippen LogP contribution in [-0.4, -0.2) is 52.6 Å². The smallest absolute Gasteiger partial charge is 0.111 e. The van der Waals surface area contributed by atoms with Crippen molar-refractivity contribution in [3.8, 4) is 0 Å². The van der Waals surface area contributed by atoms with Crippen molar-refractivity contribution < 1.29 is 10.2 Å². The molecule has 1 unspecified atom stereocenters. The molecule has 5 aliphatic heterocycles. The number of aliphatic hydroxyl groups is 2. The Hall–Kier alpha value is -1.10. The number of aliphatic hydroxyl groups excluding tert-OH is 2. The third-order valence-corrected chi connectivity index (χ3v) is 8.46. The van der Waals surface area contributed by atoms with Crippen LogP contribution in [-0.2, 0) is 5.41 Å². The van der Waals surface area contributed by atoms with E-state index in [1.54, 1.807) is 0 Å². The summed E-state index contributed by atoms with van der Waals surface area (Å²) in [5.74, 6) is 1.14. The molecular weight excluding hydrogens is 300 g/mol. The van der Waals surface area contributed by atoms with Gasteiger partial charge in [-0.1, -0.05) is 25.1 Å². The molecule has 4 nitrogen and oxygen atoms in total. The van der Waals surface area contributed by atoms with Gasteiger partial charge in [0, 0.05) is 42.1 Å². The third-order valence-electron chi connectivity index (χ3n) is 8.46. The molecule has 5 bridgehead atoms. The van der Waals surface area contributed by atoms with Crippen LogP contribution in [0.3, 0.4) is 0 Å². The van der Waals surface area contributed by atoms with E-state index in [1.165, 1.54) is 11.3 Å². The van der Waals surface area contributed by atoms with Gasteiger partial charge >= 0.3 is 0 Å². The second-order valence-electron chi connectivity index (χ2n) is 8.81. The van der Waals surface area contributed by atoms with E-state index in [0.29, 0.717) is 35.9 Å². The summed E-state index contributed by atoms with van der Waals surface area (Å²) >= 11 is 0. The molecule has 1 aliphatic carbocycles. The van der Waals surface area contributed by atoms with E-state index in [4.69, 9.17) is 0 Å². The maximum absolute atomic E-state index is 11.6. The number of rotatable bonds is 1. The monoisotopic (exact) mass is 326 g/mol. The van der Waals surface area contributed by atoms with Crippen LogP contribution in [0.2, 0.25) is 0 Å². The lowest BCUT2D eigenvalue weighted by molar-refractivity contribution is -0.211. The highest BCUT2D eigenvalue weighted by Crippen LogP contribution is 2.68. The van der Waals surface area contributed by atoms with Crippen LogP contribution in [0.25, 0.3) is 0 Å². The SMILES string of the molecule is CC[C@H]1[C@@H]2C[C@@H]3[C@@H]4N(C)c5ccccc5[C@]45C[C@@H]([C@H]2[C@@H]5O)N3[C@@H]1O. The van der Waals surface area contributed by atoms with Crippen LogP contribution in [0.4, 0.5) is 5.69 Å². The number of piperidine rings is 4. The quantitative estimate of drug-likeness (QED) is 0.822. The molecule has 1 aromatic carbocycles. The first kappa shape index (κ1) is 14.1. The zero-order valence-corrected chi connectivity index (χ0v) is 14.3. The molecule has 5 heterocycles. The van der Waals surface area contributed by atoms with Gasteiger partial charge in [-0.05, 0) is 36.8 Å². The summed E-state index contributed by atoms with van der Waals surface area (Å²) in [6.45, 7) is 2.19. The van der Waals surface area contributed by atoms with Gasteiger partial charge in [-0.2, -0.15) is 0 Å². The molecular formula is C20H26N2O2. The minimum Gasteiger partial charge on any atom is -0.392 e. The van der Waals surface area contributed by atoms with E-state index in [2.05, 4.69) is 48.0 Å². The second-order valence-corrected chi connectivity index (χ2v) is 8.81. The first-order valence-electron chi connectivity index (χ1n) is 9.57. The Morgan fingerprint density at radius 1 is 1.21 bits per heavy atom. The van der Waals surface area contributed by atoms with Crippen molar-refractivity contribution in [2.45, 2.75) is 62.1 Å². The molecule has 0 radical (unpaired) electrons. The summed E-state index contributed by atoms with van der Waals surface area (Å²) in [5.41, 5.74) is 2.51. The van der Waals surface area contributed by atoms with Crippen molar-refractivity contribution >= 4 is 5.69 Å². The molecule has 4 saturated heterocycles. The van der Waals surface area contributed by atoms with Gasteiger partial charge < -0.3 is 15.1 Å². The molecule has 10 atom stereocenters. The maximum atomic E-state index is 11.6. The van der Waals surface area contributed by atoms with E-state index in [0.717, 1.165) is 19.3 Å². The number of anilines is 1. The number of nitrogens with zero attached hydrogens (tertiary/aromatic N) is 2. The summed E-state index contributed by atoms with van der Waals surface area (Å²) < 4.78 is 0. The predicted octanol–water partition coefficient (Wildman–Crippen LogP) is 1.55. The highest BCUT2D eigenvalue weighted by molar-refractivity contribution is 5.67. The molecule has 6 aliphatic rings. The average molecular weight is 326 g/mol. The Balaban J connectivity index is 1.60. The van der Waals surface area contributed by atoms with Crippen LogP contribution in [0.5, 0.6) is 0 Å². The second kappa shape index (κ2) is 4.17. The number of likely N-dealkylation sites (N-methyl/N-ethyl adjacent to an activating group) is 1. The Kier molecular flexibility index (Phi) is 2.45. The normalized spacial score (nSPS) is 55.8. The molecule has 0 amide bonds. The predicted molar refractivity (Wildman–Crippen MR) is 91.7 cm³/mol. The molecule has 1 spiro atoms. The topological polar surface area (TPSA) is 46.9 Å². The molecule has 1 aromatic rings. The van der Waals surface area contributed by atoms with E-state index in [9.17, 15) is 10.2 Å². The number of hydrogen-bond acceptors (Lipinski definition) is 4. The highest BCUT2D eigenvalue weighted by atomic mass is 16.3. The summed E-state index contributed by atoms with van der Waals surface area (Å²) in [6.07, 6.45) is 2.56. The van der Waals surface area contributed by atoms with E-state index in [-0.39, 0.29) is 17.7 Å². The molecule has 7 rings (SSSR count). The summed E-state index contributed by atoms with van der Waals surface area (Å²) in [5, 5.41) is 22.6. The lowest BCUT2D eigenvalue weighted by atomic mass is 9.62. The van der Waals surface area contributed by atoms with Crippen LogP contribution < -0.4 is 4.90 Å². The van der Waals surface area contributed by atoms with E-state index >= 15 is 0 Å². The molecule has 4 heteroatoms. The van der Waals surface area contributed by atoms with Gasteiger partial charge in [0.15, 0.2) is 0 Å². The van der Waals surface area contributed by atoms with Gasteiger partial charge in [0.05, 0.1) is 12.1 Å². The molecule has 5 fully saturated rings. The standard InChI is InChI=1S/C20H26N2O2/c1-3-10-11-8-14-17-20(12-6-4-5-7-13(12)21(17)2)9-15(16(11)18(20)23)22(14)19(10)24/h4-7,10-11,14-19,23-24H,3,8-9H2,1-2H3/t10-,11-,14+,15-,16-,17-,18-,19+,20+/m0/s1. The van der Waals surface area contributed by atoms with Crippen molar-refractivity contribution in [2.75, 3.05) is 11.9 Å².